The van der Waals surface area contributed by atoms with E-state index in [2.05, 4.69) is 5.73 Å². The molecule has 0 fully saturated rings. The molecule has 4 N–H and O–H groups in total. The van der Waals surface area contributed by atoms with Crippen molar-refractivity contribution in [2.75, 3.05) is 0 Å². The number of aldehydes is 1. The Balaban J connectivity index is 3.88. The Bertz CT molecular complexity index is 125. The van der Waals surface area contributed by atoms with Crippen molar-refractivity contribution >= 4 is 12.1 Å². The van der Waals surface area contributed by atoms with E-state index in [4.69, 9.17) is 10.2 Å². The number of carbonyl (C=O) groups excluding carboxylic acids is 2. The third-order valence-electron chi connectivity index (χ3n) is 0.679. The van der Waals surface area contributed by atoms with E-state index in [-0.39, 0.29) is 6.29 Å². The van der Waals surface area contributed by atoms with E-state index in [1.165, 1.54) is 0 Å². The Hall–Kier alpha value is -0.780. The molecule has 9 heavy (non-hydrogen) atoms. The average Bonchev–Trinajstić information content (AvgIpc) is 1.64. The predicted molar refractivity (Wildman–Crippen MR) is 27.0 cm³/mol. The van der Waals surface area contributed by atoms with Crippen LogP contribution in [0.15, 0.2) is 0 Å². The average molecular weight is 133 g/mol. The van der Waals surface area contributed by atoms with Crippen LogP contribution in [0.3, 0.4) is 0 Å². The van der Waals surface area contributed by atoms with Crippen LogP contribution in [-0.4, -0.2) is 28.2 Å². The van der Waals surface area contributed by atoms with Crippen LogP contribution in [0.4, 0.5) is 0 Å². The summed E-state index contributed by atoms with van der Waals surface area (Å²) in [5.41, 5.74) is 4.47. The summed E-state index contributed by atoms with van der Waals surface area (Å²) in [5.74, 6) is -3.97. The molecule has 0 unspecified atom stereocenters. The molecule has 0 spiro atoms. The number of ketones is 1. The molecular weight excluding hydrogens is 126 g/mol. The molecule has 0 atom stereocenters. The quantitative estimate of drug-likeness (QED) is 0.229. The molecule has 52 valence electrons. The van der Waals surface area contributed by atoms with Gasteiger partial charge in [0, 0.05) is 0 Å². The molecule has 5 nitrogen and oxygen atoms in total. The van der Waals surface area contributed by atoms with Crippen LogP contribution in [0, 0.1) is 0 Å². The molecule has 0 amide bonds. The lowest BCUT2D eigenvalue weighted by Crippen LogP contribution is -2.47. The van der Waals surface area contributed by atoms with Gasteiger partial charge in [-0.25, -0.2) is 0 Å². The maximum absolute atomic E-state index is 10.2. The Labute approximate surface area is 51.1 Å². The van der Waals surface area contributed by atoms with Crippen LogP contribution in [0.5, 0.6) is 0 Å². The van der Waals surface area contributed by atoms with Crippen LogP contribution >= 0.6 is 0 Å². The largest absolute Gasteiger partial charge is 0.348 e. The first-order valence-corrected chi connectivity index (χ1v) is 2.19. The molecule has 0 rings (SSSR count). The van der Waals surface area contributed by atoms with Crippen LogP contribution in [0.2, 0.25) is 0 Å². The lowest BCUT2D eigenvalue weighted by Gasteiger charge is -2.10. The maximum atomic E-state index is 10.2. The smallest absolute Gasteiger partial charge is 0.283 e. The third kappa shape index (κ3) is 2.91. The molecule has 0 saturated heterocycles. The first-order chi connectivity index (χ1) is 3.98. The number of Topliss-reactive ketones (excluding diaryl/α,β-unsaturated/α-hetero) is 1. The standard InChI is InChI=1S/C4H7NO4/c5-4(8,9)3(7)1-2-6/h2,8-9H,1,5H2. The minimum absolute atomic E-state index is 0.246. The van der Waals surface area contributed by atoms with E-state index in [1.54, 1.807) is 0 Å². The van der Waals surface area contributed by atoms with Crippen molar-refractivity contribution in [3.8, 4) is 0 Å². The highest BCUT2D eigenvalue weighted by atomic mass is 16.5. The fraction of sp³-hybridized carbons (Fsp3) is 0.500. The molecule has 0 saturated carbocycles. The van der Waals surface area contributed by atoms with Gasteiger partial charge in [0.1, 0.15) is 6.29 Å². The fourth-order valence-corrected chi connectivity index (χ4v) is 0.226. The summed E-state index contributed by atoms with van der Waals surface area (Å²) in [7, 11) is 0. The minimum atomic E-state index is -2.86. The van der Waals surface area contributed by atoms with E-state index in [0.717, 1.165) is 0 Å². The zero-order valence-corrected chi connectivity index (χ0v) is 4.57. The molecule has 5 heteroatoms. The van der Waals surface area contributed by atoms with Crippen molar-refractivity contribution in [2.45, 2.75) is 12.3 Å². The molecule has 0 bridgehead atoms. The van der Waals surface area contributed by atoms with Crippen molar-refractivity contribution in [1.29, 1.82) is 0 Å². The van der Waals surface area contributed by atoms with Gasteiger partial charge in [-0.3, -0.25) is 10.5 Å². The van der Waals surface area contributed by atoms with Crippen molar-refractivity contribution in [3.63, 3.8) is 0 Å². The van der Waals surface area contributed by atoms with Gasteiger partial charge in [-0.2, -0.15) is 0 Å². The molecular formula is C4H7NO4. The fourth-order valence-electron chi connectivity index (χ4n) is 0.226. The van der Waals surface area contributed by atoms with Crippen molar-refractivity contribution in [1.82, 2.24) is 0 Å². The van der Waals surface area contributed by atoms with Crippen molar-refractivity contribution < 1.29 is 19.8 Å². The summed E-state index contributed by atoms with van der Waals surface area (Å²) < 4.78 is 0. The van der Waals surface area contributed by atoms with Gasteiger partial charge in [-0.1, -0.05) is 0 Å². The second kappa shape index (κ2) is 2.67. The minimum Gasteiger partial charge on any atom is -0.348 e. The van der Waals surface area contributed by atoms with E-state index in [0.29, 0.717) is 0 Å². The first-order valence-electron chi connectivity index (χ1n) is 2.19. The van der Waals surface area contributed by atoms with E-state index in [1.807, 2.05) is 0 Å². The highest BCUT2D eigenvalue weighted by Gasteiger charge is 2.26. The van der Waals surface area contributed by atoms with Gasteiger partial charge in [0.2, 0.25) is 5.78 Å². The second-order valence-electron chi connectivity index (χ2n) is 1.52. The Kier molecular flexibility index (Phi) is 2.44. The molecule has 0 aromatic carbocycles. The maximum Gasteiger partial charge on any atom is 0.283 e. The second-order valence-corrected chi connectivity index (χ2v) is 1.52. The SMILES string of the molecule is NC(O)(O)C(=O)CC=O. The van der Waals surface area contributed by atoms with Gasteiger partial charge >= 0.3 is 0 Å². The predicted octanol–water partition coefficient (Wildman–Crippen LogP) is -2.26. The summed E-state index contributed by atoms with van der Waals surface area (Å²) in [6, 6.07) is 0. The summed E-state index contributed by atoms with van der Waals surface area (Å²) >= 11 is 0. The summed E-state index contributed by atoms with van der Waals surface area (Å²) in [4.78, 5) is 19.8. The van der Waals surface area contributed by atoms with Crippen LogP contribution in [0.1, 0.15) is 6.42 Å². The zero-order chi connectivity index (χ0) is 7.49. The van der Waals surface area contributed by atoms with Gasteiger partial charge < -0.3 is 15.0 Å². The van der Waals surface area contributed by atoms with Gasteiger partial charge in [0.25, 0.3) is 5.91 Å². The Morgan fingerprint density at radius 3 is 2.22 bits per heavy atom. The monoisotopic (exact) mass is 133 g/mol. The molecule has 0 radical (unpaired) electrons. The zero-order valence-electron chi connectivity index (χ0n) is 4.57. The lowest BCUT2D eigenvalue weighted by molar-refractivity contribution is -0.180. The van der Waals surface area contributed by atoms with Gasteiger partial charge in [0.15, 0.2) is 0 Å². The number of hydrogen-bond acceptors (Lipinski definition) is 5. The molecule has 0 aromatic rings. The molecule has 0 aliphatic rings. The van der Waals surface area contributed by atoms with Gasteiger partial charge in [0.05, 0.1) is 6.42 Å². The molecule has 0 heterocycles. The number of nitrogens with two attached hydrogens (primary N) is 1. The Morgan fingerprint density at radius 2 is 2.11 bits per heavy atom. The number of hydrogen-bond donors (Lipinski definition) is 3. The van der Waals surface area contributed by atoms with Gasteiger partial charge in [-0.15, -0.1) is 0 Å². The van der Waals surface area contributed by atoms with E-state index >= 15 is 0 Å². The van der Waals surface area contributed by atoms with E-state index in [9.17, 15) is 9.59 Å². The van der Waals surface area contributed by atoms with Gasteiger partial charge in [-0.05, 0) is 0 Å². The van der Waals surface area contributed by atoms with E-state index < -0.39 is 18.1 Å². The van der Waals surface area contributed by atoms with Crippen molar-refractivity contribution in [3.05, 3.63) is 0 Å². The topological polar surface area (TPSA) is 101 Å². The summed E-state index contributed by atoms with van der Waals surface area (Å²) in [6.45, 7) is 0. The lowest BCUT2D eigenvalue weighted by atomic mass is 10.2. The normalized spacial score (nSPS) is 11.0. The number of rotatable bonds is 3. The first kappa shape index (κ1) is 8.22. The highest BCUT2D eigenvalue weighted by molar-refractivity contribution is 5.93. The number of carbonyl (C=O) groups is 2. The molecule has 0 aliphatic carbocycles. The highest BCUT2D eigenvalue weighted by Crippen LogP contribution is 1.92. The van der Waals surface area contributed by atoms with Crippen LogP contribution < -0.4 is 5.73 Å². The van der Waals surface area contributed by atoms with Crippen LogP contribution in [-0.2, 0) is 9.59 Å². The van der Waals surface area contributed by atoms with Crippen LogP contribution in [0.25, 0.3) is 0 Å². The molecule has 0 aliphatic heterocycles. The number of aliphatic hydroxyl groups is 2. The third-order valence-corrected chi connectivity index (χ3v) is 0.679. The summed E-state index contributed by atoms with van der Waals surface area (Å²) in [5, 5.41) is 16.5. The summed E-state index contributed by atoms with van der Waals surface area (Å²) in [6.07, 6.45) is -0.333. The molecule has 0 aromatic heterocycles. The Morgan fingerprint density at radius 1 is 1.67 bits per heavy atom. The van der Waals surface area contributed by atoms with Crippen molar-refractivity contribution in [2.24, 2.45) is 5.73 Å².